The van der Waals surface area contributed by atoms with Crippen LogP contribution in [-0.4, -0.2) is 13.4 Å². The van der Waals surface area contributed by atoms with Crippen LogP contribution in [0.1, 0.15) is 41.6 Å². The van der Waals surface area contributed by atoms with Crippen LogP contribution in [0.2, 0.25) is 0 Å². The van der Waals surface area contributed by atoms with Gasteiger partial charge < -0.3 is 0 Å². The molecule has 1 aromatic heterocycles. The standard InChI is InChI=1S/C15H16N2O2S2/c1-11(2)15-17-14(8-20-15)10-21(18,19)9-13-5-3-4-12(6-13)7-16/h3-6,8,11H,9-10H2,1-2H3. The van der Waals surface area contributed by atoms with Crippen LogP contribution in [0.25, 0.3) is 0 Å². The van der Waals surface area contributed by atoms with Crippen LogP contribution in [0, 0.1) is 11.3 Å². The van der Waals surface area contributed by atoms with Gasteiger partial charge in [0.1, 0.15) is 0 Å². The van der Waals surface area contributed by atoms with Crippen molar-refractivity contribution in [1.82, 2.24) is 4.98 Å². The van der Waals surface area contributed by atoms with Crippen LogP contribution in [0.15, 0.2) is 29.6 Å². The molecule has 0 saturated heterocycles. The van der Waals surface area contributed by atoms with Gasteiger partial charge in [0, 0.05) is 11.3 Å². The summed E-state index contributed by atoms with van der Waals surface area (Å²) in [5, 5.41) is 11.6. The topological polar surface area (TPSA) is 70.8 Å². The summed E-state index contributed by atoms with van der Waals surface area (Å²) in [5.74, 6) is 0.170. The Bertz CT molecular complexity index is 771. The van der Waals surface area contributed by atoms with Gasteiger partial charge in [0.25, 0.3) is 0 Å². The van der Waals surface area contributed by atoms with Crippen molar-refractivity contribution in [2.45, 2.75) is 31.3 Å². The molecule has 2 aromatic rings. The third kappa shape index (κ3) is 4.38. The Balaban J connectivity index is 2.12. The van der Waals surface area contributed by atoms with Crippen molar-refractivity contribution in [3.05, 3.63) is 51.5 Å². The van der Waals surface area contributed by atoms with Crippen LogP contribution < -0.4 is 0 Å². The van der Waals surface area contributed by atoms with E-state index in [9.17, 15) is 8.42 Å². The highest BCUT2D eigenvalue weighted by molar-refractivity contribution is 7.89. The molecule has 0 spiro atoms. The van der Waals surface area contributed by atoms with Crippen molar-refractivity contribution in [2.24, 2.45) is 0 Å². The predicted molar refractivity (Wildman–Crippen MR) is 83.7 cm³/mol. The molecule has 2 rings (SSSR count). The first-order valence-corrected chi connectivity index (χ1v) is 9.23. The number of rotatable bonds is 5. The smallest absolute Gasteiger partial charge is 0.160 e. The highest BCUT2D eigenvalue weighted by Crippen LogP contribution is 2.21. The Morgan fingerprint density at radius 3 is 2.71 bits per heavy atom. The van der Waals surface area contributed by atoms with E-state index in [4.69, 9.17) is 5.26 Å². The molecule has 0 bridgehead atoms. The first kappa shape index (κ1) is 15.7. The predicted octanol–water partition coefficient (Wildman–Crippen LogP) is 3.25. The normalized spacial score (nSPS) is 11.5. The molecule has 0 aliphatic heterocycles. The summed E-state index contributed by atoms with van der Waals surface area (Å²) >= 11 is 1.49. The van der Waals surface area contributed by atoms with E-state index in [1.165, 1.54) is 11.3 Å². The Labute approximate surface area is 129 Å². The number of nitriles is 1. The summed E-state index contributed by atoms with van der Waals surface area (Å²) in [6.45, 7) is 4.06. The molecule has 1 aromatic carbocycles. The summed E-state index contributed by atoms with van der Waals surface area (Å²) in [6.07, 6.45) is 0. The maximum Gasteiger partial charge on any atom is 0.160 e. The second kappa shape index (κ2) is 6.37. The number of benzene rings is 1. The summed E-state index contributed by atoms with van der Waals surface area (Å²) in [6, 6.07) is 8.70. The van der Waals surface area contributed by atoms with Gasteiger partial charge in [0.15, 0.2) is 9.84 Å². The van der Waals surface area contributed by atoms with E-state index in [-0.39, 0.29) is 11.5 Å². The van der Waals surface area contributed by atoms with Gasteiger partial charge in [-0.25, -0.2) is 13.4 Å². The average molecular weight is 320 g/mol. The zero-order valence-corrected chi connectivity index (χ0v) is 13.5. The number of nitrogens with zero attached hydrogens (tertiary/aromatic N) is 2. The van der Waals surface area contributed by atoms with Gasteiger partial charge >= 0.3 is 0 Å². The zero-order chi connectivity index (χ0) is 15.5. The van der Waals surface area contributed by atoms with E-state index in [0.717, 1.165) is 5.01 Å². The SMILES string of the molecule is CC(C)c1nc(CS(=O)(=O)Cc2cccc(C#N)c2)cs1. The number of aromatic nitrogens is 1. The highest BCUT2D eigenvalue weighted by Gasteiger charge is 2.16. The molecule has 0 fully saturated rings. The molecule has 0 N–H and O–H groups in total. The Hall–Kier alpha value is -1.71. The van der Waals surface area contributed by atoms with Crippen molar-refractivity contribution < 1.29 is 8.42 Å². The first-order chi connectivity index (χ1) is 9.89. The monoisotopic (exact) mass is 320 g/mol. The molecule has 110 valence electrons. The summed E-state index contributed by atoms with van der Waals surface area (Å²) < 4.78 is 24.5. The second-order valence-corrected chi connectivity index (χ2v) is 8.13. The zero-order valence-electron chi connectivity index (χ0n) is 11.9. The first-order valence-electron chi connectivity index (χ1n) is 6.53. The fraction of sp³-hybridized carbons (Fsp3) is 0.333. The van der Waals surface area contributed by atoms with Crippen molar-refractivity contribution in [3.63, 3.8) is 0 Å². The minimum Gasteiger partial charge on any atom is -0.245 e. The molecule has 1 heterocycles. The maximum absolute atomic E-state index is 12.2. The van der Waals surface area contributed by atoms with Crippen molar-refractivity contribution in [2.75, 3.05) is 0 Å². The summed E-state index contributed by atoms with van der Waals surface area (Å²) in [7, 11) is -3.29. The summed E-state index contributed by atoms with van der Waals surface area (Å²) in [5.41, 5.74) is 1.70. The van der Waals surface area contributed by atoms with Crippen LogP contribution in [-0.2, 0) is 21.3 Å². The number of sulfone groups is 1. The number of hydrogen-bond donors (Lipinski definition) is 0. The van der Waals surface area contributed by atoms with Gasteiger partial charge in [0.05, 0.1) is 33.8 Å². The highest BCUT2D eigenvalue weighted by atomic mass is 32.2. The van der Waals surface area contributed by atoms with E-state index in [1.807, 2.05) is 19.9 Å². The molecular formula is C15H16N2O2S2. The van der Waals surface area contributed by atoms with E-state index in [2.05, 4.69) is 4.98 Å². The van der Waals surface area contributed by atoms with Gasteiger partial charge in [-0.3, -0.25) is 0 Å². The van der Waals surface area contributed by atoms with E-state index in [1.54, 1.807) is 29.6 Å². The Morgan fingerprint density at radius 2 is 2.10 bits per heavy atom. The van der Waals surface area contributed by atoms with Gasteiger partial charge in [-0.15, -0.1) is 11.3 Å². The van der Waals surface area contributed by atoms with Gasteiger partial charge in [-0.2, -0.15) is 5.26 Å². The molecule has 0 radical (unpaired) electrons. The quantitative estimate of drug-likeness (QED) is 0.848. The van der Waals surface area contributed by atoms with E-state index < -0.39 is 9.84 Å². The minimum absolute atomic E-state index is 0.0625. The lowest BCUT2D eigenvalue weighted by Crippen LogP contribution is -2.08. The van der Waals surface area contributed by atoms with Gasteiger partial charge in [-0.1, -0.05) is 26.0 Å². The summed E-state index contributed by atoms with van der Waals surface area (Å²) in [4.78, 5) is 4.36. The number of hydrogen-bond acceptors (Lipinski definition) is 5. The Morgan fingerprint density at radius 1 is 1.33 bits per heavy atom. The van der Waals surface area contributed by atoms with Gasteiger partial charge in [0.2, 0.25) is 0 Å². The molecule has 0 aliphatic rings. The van der Waals surface area contributed by atoms with Crippen LogP contribution in [0.4, 0.5) is 0 Å². The number of thiazole rings is 1. The molecule has 21 heavy (non-hydrogen) atoms. The molecule has 0 amide bonds. The molecule has 0 saturated carbocycles. The fourth-order valence-electron chi connectivity index (χ4n) is 1.92. The molecule has 4 nitrogen and oxygen atoms in total. The van der Waals surface area contributed by atoms with E-state index >= 15 is 0 Å². The lowest BCUT2D eigenvalue weighted by Gasteiger charge is -2.03. The van der Waals surface area contributed by atoms with Crippen LogP contribution in [0.3, 0.4) is 0 Å². The molecule has 6 heteroatoms. The third-order valence-electron chi connectivity index (χ3n) is 2.87. The Kier molecular flexibility index (Phi) is 4.76. The van der Waals surface area contributed by atoms with Crippen molar-refractivity contribution in [3.8, 4) is 6.07 Å². The minimum atomic E-state index is -3.29. The lowest BCUT2D eigenvalue weighted by molar-refractivity contribution is 0.594. The molecule has 0 unspecified atom stereocenters. The third-order valence-corrected chi connectivity index (χ3v) is 5.58. The van der Waals surface area contributed by atoms with E-state index in [0.29, 0.717) is 22.7 Å². The average Bonchev–Trinajstić information content (AvgIpc) is 2.86. The fourth-order valence-corrected chi connectivity index (χ4v) is 4.24. The molecular weight excluding hydrogens is 304 g/mol. The maximum atomic E-state index is 12.2. The van der Waals surface area contributed by atoms with Crippen molar-refractivity contribution in [1.29, 1.82) is 5.26 Å². The second-order valence-electron chi connectivity index (χ2n) is 5.18. The largest absolute Gasteiger partial charge is 0.245 e. The van der Waals surface area contributed by atoms with Gasteiger partial charge in [-0.05, 0) is 17.7 Å². The molecule has 0 aliphatic carbocycles. The van der Waals surface area contributed by atoms with Crippen molar-refractivity contribution >= 4 is 21.2 Å². The van der Waals surface area contributed by atoms with Crippen LogP contribution in [0.5, 0.6) is 0 Å². The van der Waals surface area contributed by atoms with Crippen LogP contribution >= 0.6 is 11.3 Å². The molecule has 0 atom stereocenters. The lowest BCUT2D eigenvalue weighted by atomic mass is 10.2.